The first-order chi connectivity index (χ1) is 33.2. The quantitative estimate of drug-likeness (QED) is 0.110. The van der Waals surface area contributed by atoms with Gasteiger partial charge in [0, 0.05) is 124 Å². The average Bonchev–Trinajstić information content (AvgIpc) is 4.04. The molecule has 11 rings (SSSR count). The molecule has 0 bridgehead atoms. The van der Waals surface area contributed by atoms with Crippen LogP contribution in [0, 0.1) is 23.0 Å². The topological polar surface area (TPSA) is 181 Å². The van der Waals surface area contributed by atoms with Gasteiger partial charge in [0.1, 0.15) is 29.4 Å². The summed E-state index contributed by atoms with van der Waals surface area (Å²) in [5.41, 5.74) is 3.90. The minimum atomic E-state index is -4.36. The van der Waals surface area contributed by atoms with E-state index in [1.54, 1.807) is 24.3 Å². The van der Waals surface area contributed by atoms with E-state index in [4.69, 9.17) is 4.74 Å². The third-order valence-electron chi connectivity index (χ3n) is 14.8. The summed E-state index contributed by atoms with van der Waals surface area (Å²) in [6, 6.07) is 14.8. The van der Waals surface area contributed by atoms with Gasteiger partial charge in [-0.2, -0.15) is 12.7 Å². The predicted octanol–water partition coefficient (Wildman–Crippen LogP) is 5.25. The summed E-state index contributed by atoms with van der Waals surface area (Å²) < 4.78 is 78.9. The number of alkyl halides is 1. The summed E-state index contributed by atoms with van der Waals surface area (Å²) in [7, 11) is -2.80. The maximum absolute atomic E-state index is 15.8. The highest BCUT2D eigenvalue weighted by Crippen LogP contribution is 2.45. The van der Waals surface area contributed by atoms with Gasteiger partial charge in [-0.05, 0) is 79.1 Å². The second-order valence-corrected chi connectivity index (χ2v) is 21.0. The number of anilines is 3. The Hall–Kier alpha value is -6.51. The number of pyridine rings is 1. The Labute approximate surface area is 395 Å². The molecule has 69 heavy (non-hydrogen) atoms. The van der Waals surface area contributed by atoms with Crippen molar-refractivity contribution in [2.45, 2.75) is 50.9 Å². The molecular formula is C49H50F3N9O7S. The molecule has 1 spiro atoms. The van der Waals surface area contributed by atoms with E-state index in [2.05, 4.69) is 42.1 Å². The van der Waals surface area contributed by atoms with E-state index < -0.39 is 57.0 Å². The van der Waals surface area contributed by atoms with Gasteiger partial charge in [0.2, 0.25) is 17.6 Å². The van der Waals surface area contributed by atoms with Gasteiger partial charge in [0.05, 0.1) is 23.9 Å². The van der Waals surface area contributed by atoms with Crippen LogP contribution in [-0.4, -0.2) is 134 Å². The predicted molar refractivity (Wildman–Crippen MR) is 250 cm³/mol. The molecule has 6 aliphatic rings. The van der Waals surface area contributed by atoms with Gasteiger partial charge in [-0.1, -0.05) is 12.1 Å². The summed E-state index contributed by atoms with van der Waals surface area (Å²) in [6.45, 7) is 6.66. The second kappa shape index (κ2) is 17.2. The second-order valence-electron chi connectivity index (χ2n) is 19.4. The Bertz CT molecular complexity index is 3040. The number of ether oxygens (including phenoxy) is 1. The number of imide groups is 1. The van der Waals surface area contributed by atoms with Gasteiger partial charge in [-0.25, -0.2) is 18.2 Å². The van der Waals surface area contributed by atoms with E-state index in [1.807, 2.05) is 29.0 Å². The first kappa shape index (κ1) is 45.0. The van der Waals surface area contributed by atoms with Crippen LogP contribution < -0.4 is 24.6 Å². The number of nitrogens with zero attached hydrogens (tertiary/aromatic N) is 6. The normalized spacial score (nSPS) is 22.0. The van der Waals surface area contributed by atoms with Gasteiger partial charge < -0.3 is 29.3 Å². The van der Waals surface area contributed by atoms with Gasteiger partial charge >= 0.3 is 10.2 Å². The monoisotopic (exact) mass is 965 g/mol. The number of ketones is 1. The molecule has 3 N–H and O–H groups in total. The zero-order valence-corrected chi connectivity index (χ0v) is 38.6. The van der Waals surface area contributed by atoms with E-state index in [0.29, 0.717) is 46.8 Å². The molecule has 3 aromatic carbocycles. The number of hydrogen-bond acceptors (Lipinski definition) is 11. The van der Waals surface area contributed by atoms with E-state index in [9.17, 15) is 32.0 Å². The van der Waals surface area contributed by atoms with Crippen molar-refractivity contribution in [3.63, 3.8) is 0 Å². The van der Waals surface area contributed by atoms with Crippen LogP contribution in [0.5, 0.6) is 5.75 Å². The number of hydrogen-bond donors (Lipinski definition) is 3. The van der Waals surface area contributed by atoms with Crippen LogP contribution in [0.15, 0.2) is 67.0 Å². The zero-order chi connectivity index (χ0) is 47.9. The number of piperidine rings is 2. The lowest BCUT2D eigenvalue weighted by atomic mass is 9.72. The lowest BCUT2D eigenvalue weighted by Crippen LogP contribution is -2.72. The van der Waals surface area contributed by atoms with E-state index in [1.165, 1.54) is 6.20 Å². The molecule has 8 heterocycles. The highest BCUT2D eigenvalue weighted by atomic mass is 32.2. The maximum atomic E-state index is 15.8. The van der Waals surface area contributed by atoms with E-state index in [0.717, 1.165) is 97.6 Å². The number of carbonyl (C=O) groups excluding carboxylic acids is 4. The fourth-order valence-corrected chi connectivity index (χ4v) is 12.5. The summed E-state index contributed by atoms with van der Waals surface area (Å²) in [5.74, 6) is -3.46. The number of rotatable bonds is 12. The Morgan fingerprint density at radius 3 is 2.39 bits per heavy atom. The number of likely N-dealkylation sites (tertiary alicyclic amines) is 1. The minimum Gasteiger partial charge on any atom is -0.496 e. The van der Waals surface area contributed by atoms with Crippen LogP contribution in [0.3, 0.4) is 0 Å². The number of nitrogens with one attached hydrogen (secondary N) is 3. The number of H-pyrrole nitrogens is 1. The Kier molecular flexibility index (Phi) is 11.2. The molecule has 0 radical (unpaired) electrons. The van der Waals surface area contributed by atoms with Crippen LogP contribution in [0.2, 0.25) is 0 Å². The lowest BCUT2D eigenvalue weighted by molar-refractivity contribution is -0.136. The molecule has 0 aliphatic carbocycles. The Morgan fingerprint density at radius 1 is 0.913 bits per heavy atom. The van der Waals surface area contributed by atoms with Crippen LogP contribution in [0.25, 0.3) is 22.2 Å². The molecule has 20 heteroatoms. The van der Waals surface area contributed by atoms with Crippen LogP contribution in [-0.2, 0) is 26.3 Å². The molecule has 0 saturated carbocycles. The van der Waals surface area contributed by atoms with Gasteiger partial charge in [-0.15, -0.1) is 0 Å². The van der Waals surface area contributed by atoms with Crippen molar-refractivity contribution in [1.29, 1.82) is 0 Å². The third kappa shape index (κ3) is 8.14. The molecule has 16 nitrogen and oxygen atoms in total. The minimum absolute atomic E-state index is 0.00302. The highest BCUT2D eigenvalue weighted by molar-refractivity contribution is 7.90. The molecule has 5 saturated heterocycles. The smallest absolute Gasteiger partial charge is 0.301 e. The summed E-state index contributed by atoms with van der Waals surface area (Å²) >= 11 is 0. The summed E-state index contributed by atoms with van der Waals surface area (Å²) in [4.78, 5) is 67.7. The largest absolute Gasteiger partial charge is 0.496 e. The molecule has 6 aliphatic heterocycles. The molecule has 360 valence electrons. The molecule has 5 fully saturated rings. The summed E-state index contributed by atoms with van der Waals surface area (Å²) in [5, 5.41) is 2.70. The molecule has 2 atom stereocenters. The SMILES string of the molecule is COc1cc(N2CC3(CN(CC4CCN(c5ccc(-c6cnc7[nH]cc(C(=O)c8c(F)ccc(NS(=O)(=O)N9CC[C@@H](F)C9)c8F)c7c6)cc5)CC4)C3)C2)cc2c1C(=O)N([C@@H]1CCC(=O)NC1=O)C2. The van der Waals surface area contributed by atoms with Crippen molar-refractivity contribution in [2.24, 2.45) is 11.3 Å². The van der Waals surface area contributed by atoms with Crippen LogP contribution in [0.4, 0.5) is 30.2 Å². The van der Waals surface area contributed by atoms with Gasteiger partial charge in [0.25, 0.3) is 5.91 Å². The van der Waals surface area contributed by atoms with Crippen molar-refractivity contribution in [3.05, 3.63) is 101 Å². The number of aromatic nitrogens is 2. The number of benzene rings is 3. The third-order valence-corrected chi connectivity index (χ3v) is 16.3. The first-order valence-corrected chi connectivity index (χ1v) is 24.7. The van der Waals surface area contributed by atoms with Crippen molar-refractivity contribution in [3.8, 4) is 16.9 Å². The van der Waals surface area contributed by atoms with Crippen LogP contribution >= 0.6 is 0 Å². The number of aromatic amines is 1. The van der Waals surface area contributed by atoms with Gasteiger partial charge in [0.15, 0.2) is 5.82 Å². The number of amides is 3. The van der Waals surface area contributed by atoms with Crippen molar-refractivity contribution < 1.29 is 45.5 Å². The molecule has 0 unspecified atom stereocenters. The fraction of sp³-hybridized carbons (Fsp3) is 0.408. The number of fused-ring (bicyclic) bond motifs is 2. The number of carbonyl (C=O) groups is 4. The molecule has 5 aromatic rings. The fourth-order valence-electron chi connectivity index (χ4n) is 11.2. The molecule has 2 aromatic heterocycles. The number of methoxy groups -OCH3 is 1. The lowest BCUT2D eigenvalue weighted by Gasteiger charge is -2.61. The Morgan fingerprint density at radius 2 is 1.68 bits per heavy atom. The van der Waals surface area contributed by atoms with Crippen molar-refractivity contribution >= 4 is 61.8 Å². The van der Waals surface area contributed by atoms with E-state index >= 15 is 8.78 Å². The maximum Gasteiger partial charge on any atom is 0.301 e. The number of halogens is 3. The Balaban J connectivity index is 0.677. The van der Waals surface area contributed by atoms with Crippen molar-refractivity contribution in [1.82, 2.24) is 29.4 Å². The van der Waals surface area contributed by atoms with E-state index in [-0.39, 0.29) is 48.7 Å². The molecular weight excluding hydrogens is 916 g/mol. The standard InChI is InChI=1S/C49H50F3N9O7S/c1-68-40-18-34(16-31-22-61(48(65)42(31)40)39-8-9-41(62)55-47(39)64)59-26-49(27-59)24-57(25-49)21-28-10-13-58(14-11-28)33-4-2-29(3-5-33)30-17-35-36(20-54-46(35)53-19-30)45(63)43-37(51)6-7-38(44(43)52)56-69(66,67)60-15-12-32(50)23-60/h2-7,16-20,28,32,39,56H,8-15,21-27H2,1H3,(H,53,54)(H,55,62,64)/t32-,39-/m1/s1. The summed E-state index contributed by atoms with van der Waals surface area (Å²) in [6.07, 6.45) is 4.27. The zero-order valence-electron chi connectivity index (χ0n) is 37.8. The van der Waals surface area contributed by atoms with Crippen LogP contribution in [0.1, 0.15) is 63.9 Å². The van der Waals surface area contributed by atoms with Gasteiger partial charge in [-0.3, -0.25) is 29.2 Å². The molecule has 3 amide bonds. The highest BCUT2D eigenvalue weighted by Gasteiger charge is 2.52. The average molecular weight is 966 g/mol. The van der Waals surface area contributed by atoms with Crippen molar-refractivity contribution in [2.75, 3.05) is 80.5 Å². The first-order valence-electron chi connectivity index (χ1n) is 23.3.